The number of fused-ring (bicyclic) bond motifs is 1. The minimum Gasteiger partial charge on any atom is -0.478 e. The number of anilines is 1. The summed E-state index contributed by atoms with van der Waals surface area (Å²) in [6.45, 7) is 5.87. The second kappa shape index (κ2) is 5.99. The molecule has 3 rings (SSSR count). The Balaban J connectivity index is 1.66. The van der Waals surface area contributed by atoms with Crippen LogP contribution in [0.2, 0.25) is 0 Å². The van der Waals surface area contributed by atoms with Crippen LogP contribution >= 0.6 is 0 Å². The van der Waals surface area contributed by atoms with Crippen molar-refractivity contribution >= 4 is 17.5 Å². The Kier molecular flexibility index (Phi) is 4.05. The largest absolute Gasteiger partial charge is 0.478 e. The minimum absolute atomic E-state index is 0.00192. The number of benzene rings is 1. The van der Waals surface area contributed by atoms with Crippen molar-refractivity contribution in [2.45, 2.75) is 32.8 Å². The van der Waals surface area contributed by atoms with E-state index in [4.69, 9.17) is 4.74 Å². The minimum atomic E-state index is -0.741. The predicted octanol–water partition coefficient (Wildman–Crippen LogP) is 2.28. The van der Waals surface area contributed by atoms with Crippen molar-refractivity contribution in [1.82, 2.24) is 4.90 Å². The first-order chi connectivity index (χ1) is 10.5. The van der Waals surface area contributed by atoms with E-state index < -0.39 is 6.10 Å². The summed E-state index contributed by atoms with van der Waals surface area (Å²) < 4.78 is 5.70. The van der Waals surface area contributed by atoms with Crippen molar-refractivity contribution in [2.24, 2.45) is 11.8 Å². The molecule has 1 saturated heterocycles. The molecule has 0 bridgehead atoms. The quantitative estimate of drug-likeness (QED) is 0.912. The fourth-order valence-corrected chi connectivity index (χ4v) is 3.38. The highest BCUT2D eigenvalue weighted by Gasteiger charge is 2.33. The molecule has 0 spiro atoms. The van der Waals surface area contributed by atoms with Crippen molar-refractivity contribution in [3.63, 3.8) is 0 Å². The number of rotatable bonds is 2. The molecule has 0 saturated carbocycles. The number of hydrogen-bond acceptors (Lipinski definition) is 3. The van der Waals surface area contributed by atoms with Crippen LogP contribution in [0.4, 0.5) is 5.69 Å². The Hall–Kier alpha value is -2.04. The first kappa shape index (κ1) is 14.9. The summed E-state index contributed by atoms with van der Waals surface area (Å²) in [5, 5.41) is 2.80. The second-order valence-corrected chi connectivity index (χ2v) is 6.54. The lowest BCUT2D eigenvalue weighted by atomic mass is 9.91. The molecule has 1 fully saturated rings. The fraction of sp³-hybridized carbons (Fsp3) is 0.529. The Bertz CT molecular complexity index is 577. The van der Waals surface area contributed by atoms with E-state index in [9.17, 15) is 9.59 Å². The van der Waals surface area contributed by atoms with Gasteiger partial charge in [-0.05, 0) is 30.4 Å². The number of likely N-dealkylation sites (tertiary alicyclic amines) is 1. The van der Waals surface area contributed by atoms with Gasteiger partial charge < -0.3 is 15.0 Å². The van der Waals surface area contributed by atoms with Crippen molar-refractivity contribution in [1.29, 1.82) is 0 Å². The van der Waals surface area contributed by atoms with E-state index in [1.165, 1.54) is 0 Å². The van der Waals surface area contributed by atoms with Gasteiger partial charge in [-0.25, -0.2) is 0 Å². The van der Waals surface area contributed by atoms with E-state index in [-0.39, 0.29) is 18.2 Å². The van der Waals surface area contributed by atoms with E-state index >= 15 is 0 Å². The maximum Gasteiger partial charge on any atom is 0.266 e. The predicted molar refractivity (Wildman–Crippen MR) is 83.6 cm³/mol. The first-order valence-electron chi connectivity index (χ1n) is 7.87. The van der Waals surface area contributed by atoms with Crippen molar-refractivity contribution in [3.05, 3.63) is 24.3 Å². The number of ether oxygens (including phenoxy) is 1. The fourth-order valence-electron chi connectivity index (χ4n) is 3.38. The highest BCUT2D eigenvalue weighted by atomic mass is 16.5. The molecule has 2 aliphatic rings. The van der Waals surface area contributed by atoms with Crippen LogP contribution in [0.3, 0.4) is 0 Å². The maximum atomic E-state index is 12.5. The molecular formula is C17H22N2O3. The second-order valence-electron chi connectivity index (χ2n) is 6.54. The topological polar surface area (TPSA) is 58.6 Å². The van der Waals surface area contributed by atoms with E-state index in [1.807, 2.05) is 17.0 Å². The smallest absolute Gasteiger partial charge is 0.266 e. The lowest BCUT2D eigenvalue weighted by Gasteiger charge is -2.36. The molecule has 118 valence electrons. The number of carbonyl (C=O) groups excluding carboxylic acids is 2. The SMILES string of the molecule is C[C@@H]1C[C@H](C)CN(C(=O)C[C@H]2Oc3ccccc3NC2=O)C1. The standard InChI is InChI=1S/C17H22N2O3/c1-11-7-12(2)10-19(9-11)16(20)8-15-17(21)18-13-5-3-4-6-14(13)22-15/h3-6,11-12,15H,7-10H2,1-2H3,(H,18,21)/t11-,12+,15-/m1/s1. The van der Waals surface area contributed by atoms with Gasteiger partial charge in [0.1, 0.15) is 5.75 Å². The third kappa shape index (κ3) is 3.08. The van der Waals surface area contributed by atoms with Crippen molar-refractivity contribution in [3.8, 4) is 5.75 Å². The molecule has 2 aliphatic heterocycles. The van der Waals surface area contributed by atoms with Gasteiger partial charge in [0.15, 0.2) is 6.10 Å². The van der Waals surface area contributed by atoms with Gasteiger partial charge in [0.25, 0.3) is 5.91 Å². The Morgan fingerprint density at radius 1 is 1.27 bits per heavy atom. The van der Waals surface area contributed by atoms with Gasteiger partial charge in [0, 0.05) is 13.1 Å². The summed E-state index contributed by atoms with van der Waals surface area (Å²) >= 11 is 0. The van der Waals surface area contributed by atoms with Gasteiger partial charge >= 0.3 is 0 Å². The van der Waals surface area contributed by atoms with Gasteiger partial charge in [-0.15, -0.1) is 0 Å². The lowest BCUT2D eigenvalue weighted by molar-refractivity contribution is -0.139. The molecular weight excluding hydrogens is 280 g/mol. The average molecular weight is 302 g/mol. The number of nitrogens with zero attached hydrogens (tertiary/aromatic N) is 1. The molecule has 0 aromatic heterocycles. The molecule has 5 heteroatoms. The van der Waals surface area contributed by atoms with Crippen LogP contribution in [0.25, 0.3) is 0 Å². The van der Waals surface area contributed by atoms with E-state index in [2.05, 4.69) is 19.2 Å². The Morgan fingerprint density at radius 3 is 2.68 bits per heavy atom. The number of piperidine rings is 1. The number of hydrogen-bond donors (Lipinski definition) is 1. The van der Waals surface area contributed by atoms with Gasteiger partial charge in [0.2, 0.25) is 5.91 Å². The van der Waals surface area contributed by atoms with Crippen LogP contribution in [-0.4, -0.2) is 35.9 Å². The zero-order valence-electron chi connectivity index (χ0n) is 13.0. The molecule has 0 unspecified atom stereocenters. The number of para-hydroxylation sites is 2. The summed E-state index contributed by atoms with van der Waals surface area (Å²) in [5.74, 6) is 1.40. The third-order valence-electron chi connectivity index (χ3n) is 4.29. The molecule has 22 heavy (non-hydrogen) atoms. The summed E-state index contributed by atoms with van der Waals surface area (Å²) in [6.07, 6.45) is 0.506. The zero-order chi connectivity index (χ0) is 15.7. The van der Waals surface area contributed by atoms with Gasteiger partial charge in [-0.3, -0.25) is 9.59 Å². The molecule has 0 radical (unpaired) electrons. The average Bonchev–Trinajstić information content (AvgIpc) is 2.47. The van der Waals surface area contributed by atoms with Crippen LogP contribution in [0.15, 0.2) is 24.3 Å². The van der Waals surface area contributed by atoms with Crippen LogP contribution in [0.5, 0.6) is 5.75 Å². The molecule has 1 aromatic carbocycles. The summed E-state index contributed by atoms with van der Waals surface area (Å²) in [7, 11) is 0. The van der Waals surface area contributed by atoms with Crippen molar-refractivity contribution in [2.75, 3.05) is 18.4 Å². The van der Waals surface area contributed by atoms with Crippen LogP contribution in [-0.2, 0) is 9.59 Å². The third-order valence-corrected chi connectivity index (χ3v) is 4.29. The Labute approximate surface area is 130 Å². The monoisotopic (exact) mass is 302 g/mol. The molecule has 2 heterocycles. The first-order valence-corrected chi connectivity index (χ1v) is 7.87. The molecule has 1 N–H and O–H groups in total. The highest BCUT2D eigenvalue weighted by Crippen LogP contribution is 2.30. The molecule has 1 aromatic rings. The summed E-state index contributed by atoms with van der Waals surface area (Å²) in [6, 6.07) is 7.28. The molecule has 2 amide bonds. The molecule has 0 aliphatic carbocycles. The summed E-state index contributed by atoms with van der Waals surface area (Å²) in [5.41, 5.74) is 0.663. The van der Waals surface area contributed by atoms with Crippen LogP contribution < -0.4 is 10.1 Å². The zero-order valence-corrected chi connectivity index (χ0v) is 13.0. The number of amides is 2. The molecule has 3 atom stereocenters. The highest BCUT2D eigenvalue weighted by molar-refractivity contribution is 5.99. The van der Waals surface area contributed by atoms with E-state index in [1.54, 1.807) is 12.1 Å². The van der Waals surface area contributed by atoms with Gasteiger partial charge in [-0.2, -0.15) is 0 Å². The van der Waals surface area contributed by atoms with E-state index in [0.29, 0.717) is 23.3 Å². The van der Waals surface area contributed by atoms with Gasteiger partial charge in [0.05, 0.1) is 12.1 Å². The normalized spacial score (nSPS) is 27.6. The van der Waals surface area contributed by atoms with Crippen LogP contribution in [0, 0.1) is 11.8 Å². The van der Waals surface area contributed by atoms with Crippen LogP contribution in [0.1, 0.15) is 26.7 Å². The Morgan fingerprint density at radius 2 is 1.95 bits per heavy atom. The van der Waals surface area contributed by atoms with Crippen molar-refractivity contribution < 1.29 is 14.3 Å². The van der Waals surface area contributed by atoms with E-state index in [0.717, 1.165) is 19.5 Å². The van der Waals surface area contributed by atoms with Gasteiger partial charge in [-0.1, -0.05) is 26.0 Å². The molecule has 5 nitrogen and oxygen atoms in total. The maximum absolute atomic E-state index is 12.5. The summed E-state index contributed by atoms with van der Waals surface area (Å²) in [4.78, 5) is 26.4. The number of carbonyl (C=O) groups is 2. The lowest BCUT2D eigenvalue weighted by Crippen LogP contribution is -2.46. The number of nitrogens with one attached hydrogen (secondary N) is 1.